The van der Waals surface area contributed by atoms with Crippen LogP contribution in [0.5, 0.6) is 0 Å². The van der Waals surface area contributed by atoms with E-state index in [0.717, 1.165) is 23.5 Å². The summed E-state index contributed by atoms with van der Waals surface area (Å²) in [6.45, 7) is 10.2. The average molecular weight is 336 g/mol. The van der Waals surface area contributed by atoms with Gasteiger partial charge in [0.25, 0.3) is 0 Å². The predicted octanol–water partition coefficient (Wildman–Crippen LogP) is 4.36. The molecular weight excluding hydrogens is 307 g/mol. The van der Waals surface area contributed by atoms with Crippen LogP contribution < -0.4 is 10.6 Å². The van der Waals surface area contributed by atoms with Gasteiger partial charge in [-0.3, -0.25) is 0 Å². The SMILES string of the molecule is [B]C(COC(C)(C)C)CN(Cc1ccccc1)c1ccc(N)c(C)c1. The van der Waals surface area contributed by atoms with E-state index in [4.69, 9.17) is 18.3 Å². The van der Waals surface area contributed by atoms with Gasteiger partial charge in [0, 0.05) is 31.1 Å². The van der Waals surface area contributed by atoms with Crippen molar-refractivity contribution in [2.24, 2.45) is 0 Å². The highest BCUT2D eigenvalue weighted by Crippen LogP contribution is 2.24. The number of nitrogen functional groups attached to an aromatic ring is 1. The van der Waals surface area contributed by atoms with Crippen molar-refractivity contribution in [3.8, 4) is 0 Å². The molecule has 1 unspecified atom stereocenters. The van der Waals surface area contributed by atoms with Crippen molar-refractivity contribution in [1.29, 1.82) is 0 Å². The number of benzene rings is 2. The van der Waals surface area contributed by atoms with Crippen LogP contribution >= 0.6 is 0 Å². The van der Waals surface area contributed by atoms with Crippen LogP contribution in [-0.4, -0.2) is 26.6 Å². The van der Waals surface area contributed by atoms with Crippen molar-refractivity contribution in [3.63, 3.8) is 0 Å². The maximum absolute atomic E-state index is 6.35. The summed E-state index contributed by atoms with van der Waals surface area (Å²) in [5, 5.41) is 0. The van der Waals surface area contributed by atoms with Gasteiger partial charge in [-0.15, -0.1) is 0 Å². The summed E-state index contributed by atoms with van der Waals surface area (Å²) < 4.78 is 5.85. The molecule has 25 heavy (non-hydrogen) atoms. The second-order valence-electron chi connectivity index (χ2n) is 7.59. The largest absolute Gasteiger partial charge is 0.399 e. The Labute approximate surface area is 153 Å². The first-order valence-electron chi connectivity index (χ1n) is 8.79. The molecule has 0 aliphatic rings. The molecule has 0 saturated heterocycles. The lowest BCUT2D eigenvalue weighted by Crippen LogP contribution is -2.31. The summed E-state index contributed by atoms with van der Waals surface area (Å²) >= 11 is 0. The molecule has 0 aliphatic heterocycles. The maximum Gasteiger partial charge on any atom is 0.0755 e. The summed E-state index contributed by atoms with van der Waals surface area (Å²) in [6.07, 6.45) is 0. The quantitative estimate of drug-likeness (QED) is 0.603. The number of hydrogen-bond acceptors (Lipinski definition) is 3. The van der Waals surface area contributed by atoms with E-state index in [1.54, 1.807) is 0 Å². The topological polar surface area (TPSA) is 38.5 Å². The van der Waals surface area contributed by atoms with E-state index in [2.05, 4.69) is 41.3 Å². The fourth-order valence-electron chi connectivity index (χ4n) is 2.61. The Morgan fingerprint density at radius 1 is 1.12 bits per heavy atom. The second-order valence-corrected chi connectivity index (χ2v) is 7.59. The lowest BCUT2D eigenvalue weighted by Gasteiger charge is -2.30. The summed E-state index contributed by atoms with van der Waals surface area (Å²) in [4.78, 5) is 2.29. The van der Waals surface area contributed by atoms with Gasteiger partial charge in [-0.1, -0.05) is 30.3 Å². The minimum Gasteiger partial charge on any atom is -0.399 e. The maximum atomic E-state index is 6.35. The Hall–Kier alpha value is -1.94. The zero-order valence-electron chi connectivity index (χ0n) is 15.8. The van der Waals surface area contributed by atoms with Crippen molar-refractivity contribution >= 4 is 19.2 Å². The highest BCUT2D eigenvalue weighted by molar-refractivity contribution is 6.12. The monoisotopic (exact) mass is 336 g/mol. The number of hydrogen-bond donors (Lipinski definition) is 1. The molecule has 0 spiro atoms. The van der Waals surface area contributed by atoms with Gasteiger partial charge in [0.2, 0.25) is 0 Å². The molecular formula is C21H29BN2O. The lowest BCUT2D eigenvalue weighted by molar-refractivity contribution is -0.00293. The van der Waals surface area contributed by atoms with Crippen molar-refractivity contribution < 1.29 is 4.74 Å². The van der Waals surface area contributed by atoms with Crippen LogP contribution in [0.1, 0.15) is 31.9 Å². The number of aryl methyl sites for hydroxylation is 1. The van der Waals surface area contributed by atoms with Crippen LogP contribution in [0.4, 0.5) is 11.4 Å². The van der Waals surface area contributed by atoms with Crippen molar-refractivity contribution in [3.05, 3.63) is 59.7 Å². The van der Waals surface area contributed by atoms with Crippen molar-refractivity contribution in [1.82, 2.24) is 0 Å². The van der Waals surface area contributed by atoms with Gasteiger partial charge in [0.05, 0.1) is 13.4 Å². The van der Waals surface area contributed by atoms with Gasteiger partial charge in [0.1, 0.15) is 0 Å². The van der Waals surface area contributed by atoms with Gasteiger partial charge < -0.3 is 15.4 Å². The number of rotatable bonds is 7. The molecule has 0 heterocycles. The van der Waals surface area contributed by atoms with Crippen LogP contribution in [0.3, 0.4) is 0 Å². The molecule has 2 aromatic carbocycles. The van der Waals surface area contributed by atoms with Gasteiger partial charge in [-0.05, 0) is 62.8 Å². The van der Waals surface area contributed by atoms with Crippen LogP contribution in [0.2, 0.25) is 5.82 Å². The smallest absolute Gasteiger partial charge is 0.0755 e. The van der Waals surface area contributed by atoms with Crippen LogP contribution in [0.15, 0.2) is 48.5 Å². The standard InChI is InChI=1S/C21H29BN2O/c1-16-12-19(10-11-20(16)23)24(13-17-8-6-5-7-9-17)14-18(22)15-25-21(2,3)4/h5-12,18H,13-15,23H2,1-4H3. The number of nitrogens with zero attached hydrogens (tertiary/aromatic N) is 1. The van der Waals surface area contributed by atoms with Gasteiger partial charge in [0.15, 0.2) is 0 Å². The van der Waals surface area contributed by atoms with Gasteiger partial charge in [-0.2, -0.15) is 0 Å². The Kier molecular flexibility index (Phi) is 6.54. The van der Waals surface area contributed by atoms with E-state index in [-0.39, 0.29) is 11.4 Å². The fourth-order valence-corrected chi connectivity index (χ4v) is 2.61. The third-order valence-corrected chi connectivity index (χ3v) is 4.02. The minimum atomic E-state index is -0.181. The van der Waals surface area contributed by atoms with Gasteiger partial charge >= 0.3 is 0 Å². The molecule has 0 amide bonds. The van der Waals surface area contributed by atoms with E-state index in [0.29, 0.717) is 13.2 Å². The average Bonchev–Trinajstić information content (AvgIpc) is 2.55. The Bertz CT molecular complexity index is 667. The fraction of sp³-hybridized carbons (Fsp3) is 0.429. The highest BCUT2D eigenvalue weighted by Gasteiger charge is 2.16. The molecule has 3 nitrogen and oxygen atoms in total. The number of anilines is 2. The number of ether oxygens (including phenoxy) is 1. The van der Waals surface area contributed by atoms with Crippen molar-refractivity contribution in [2.75, 3.05) is 23.8 Å². The van der Waals surface area contributed by atoms with E-state index in [9.17, 15) is 0 Å². The van der Waals surface area contributed by atoms with Crippen LogP contribution in [-0.2, 0) is 11.3 Å². The molecule has 0 aromatic heterocycles. The normalized spacial score (nSPS) is 12.8. The first-order chi connectivity index (χ1) is 11.7. The molecule has 0 saturated carbocycles. The lowest BCUT2D eigenvalue weighted by atomic mass is 9.87. The molecule has 0 bridgehead atoms. The van der Waals surface area contributed by atoms with E-state index >= 15 is 0 Å². The zero-order chi connectivity index (χ0) is 18.4. The van der Waals surface area contributed by atoms with E-state index in [1.807, 2.05) is 39.8 Å². The van der Waals surface area contributed by atoms with Crippen molar-refractivity contribution in [2.45, 2.75) is 45.7 Å². The summed E-state index contributed by atoms with van der Waals surface area (Å²) in [6, 6.07) is 16.6. The summed E-state index contributed by atoms with van der Waals surface area (Å²) in [5.41, 5.74) is 10.1. The third-order valence-electron chi connectivity index (χ3n) is 4.02. The molecule has 132 valence electrons. The zero-order valence-corrected chi connectivity index (χ0v) is 15.8. The molecule has 0 fully saturated rings. The number of nitrogens with two attached hydrogens (primary N) is 1. The minimum absolute atomic E-state index is 0.0687. The highest BCUT2D eigenvalue weighted by atomic mass is 16.5. The first kappa shape index (κ1) is 19.4. The Balaban J connectivity index is 2.15. The molecule has 2 rings (SSSR count). The molecule has 2 N–H and O–H groups in total. The predicted molar refractivity (Wildman–Crippen MR) is 108 cm³/mol. The van der Waals surface area contributed by atoms with E-state index < -0.39 is 0 Å². The van der Waals surface area contributed by atoms with Gasteiger partial charge in [-0.25, -0.2) is 0 Å². The second kappa shape index (κ2) is 8.44. The molecule has 4 heteroatoms. The Morgan fingerprint density at radius 3 is 2.40 bits per heavy atom. The van der Waals surface area contributed by atoms with E-state index in [1.165, 1.54) is 5.56 Å². The Morgan fingerprint density at radius 2 is 1.80 bits per heavy atom. The molecule has 0 aliphatic carbocycles. The molecule has 1 atom stereocenters. The molecule has 2 aromatic rings. The third kappa shape index (κ3) is 6.47. The van der Waals surface area contributed by atoms with Crippen LogP contribution in [0.25, 0.3) is 0 Å². The summed E-state index contributed by atoms with van der Waals surface area (Å²) in [7, 11) is 6.35. The van der Waals surface area contributed by atoms with Crippen LogP contribution in [0, 0.1) is 6.92 Å². The first-order valence-corrected chi connectivity index (χ1v) is 8.79. The molecule has 2 radical (unpaired) electrons. The summed E-state index contributed by atoms with van der Waals surface area (Å²) in [5.74, 6) is -0.0687.